The molecule has 1 heterocycles. The summed E-state index contributed by atoms with van der Waals surface area (Å²) in [5, 5.41) is 3.81. The van der Waals surface area contributed by atoms with Crippen molar-refractivity contribution < 1.29 is 14.2 Å². The van der Waals surface area contributed by atoms with E-state index in [-0.39, 0.29) is 0 Å². The molecule has 1 saturated heterocycles. The van der Waals surface area contributed by atoms with Crippen molar-refractivity contribution in [2.45, 2.75) is 58.1 Å². The maximum atomic E-state index is 5.99. The van der Waals surface area contributed by atoms with E-state index < -0.39 is 0 Å². The van der Waals surface area contributed by atoms with Gasteiger partial charge in [-0.3, -0.25) is 4.99 Å². The van der Waals surface area contributed by atoms with Crippen LogP contribution in [0.15, 0.2) is 4.99 Å². The van der Waals surface area contributed by atoms with E-state index in [4.69, 9.17) is 19.2 Å². The zero-order valence-electron chi connectivity index (χ0n) is 16.8. The molecule has 150 valence electrons. The molecule has 3 aliphatic rings. The third-order valence-electron chi connectivity index (χ3n) is 6.42. The van der Waals surface area contributed by atoms with Crippen LogP contribution in [0.4, 0.5) is 0 Å². The monoisotopic (exact) mass is 367 g/mol. The Morgan fingerprint density at radius 2 is 2.12 bits per heavy atom. The minimum absolute atomic E-state index is 0.368. The molecule has 1 spiro atoms. The fourth-order valence-electron chi connectivity index (χ4n) is 4.74. The standard InChI is InChI=1S/C20H37N3O3/c1-4-21-19(23-10-7-16(14-23)15-25-12-11-24-3)22-17-13-18(26-5-2)20(17)8-6-9-20/h16-18H,4-15H2,1-3H3,(H,21,22). The number of ether oxygens (including phenoxy) is 3. The van der Waals surface area contributed by atoms with Gasteiger partial charge in [-0.2, -0.15) is 0 Å². The lowest BCUT2D eigenvalue weighted by molar-refractivity contribution is -0.168. The molecular formula is C20H37N3O3. The van der Waals surface area contributed by atoms with Crippen molar-refractivity contribution in [3.05, 3.63) is 0 Å². The Morgan fingerprint density at radius 3 is 2.77 bits per heavy atom. The van der Waals surface area contributed by atoms with Crippen molar-refractivity contribution >= 4 is 5.96 Å². The summed E-state index contributed by atoms with van der Waals surface area (Å²) in [6, 6.07) is 0.523. The molecule has 3 atom stereocenters. The van der Waals surface area contributed by atoms with E-state index in [1.165, 1.54) is 25.7 Å². The topological polar surface area (TPSA) is 55.3 Å². The van der Waals surface area contributed by atoms with Gasteiger partial charge >= 0.3 is 0 Å². The Kier molecular flexibility index (Phi) is 7.18. The molecule has 0 aromatic rings. The maximum absolute atomic E-state index is 5.99. The van der Waals surface area contributed by atoms with Gasteiger partial charge in [0.25, 0.3) is 0 Å². The molecule has 3 fully saturated rings. The van der Waals surface area contributed by atoms with Crippen molar-refractivity contribution in [3.63, 3.8) is 0 Å². The van der Waals surface area contributed by atoms with Gasteiger partial charge in [-0.15, -0.1) is 0 Å². The lowest BCUT2D eigenvalue weighted by Crippen LogP contribution is -2.68. The van der Waals surface area contributed by atoms with Crippen molar-refractivity contribution in [2.75, 3.05) is 53.2 Å². The van der Waals surface area contributed by atoms with Gasteiger partial charge in [0, 0.05) is 50.7 Å². The normalized spacial score (nSPS) is 30.3. The summed E-state index contributed by atoms with van der Waals surface area (Å²) in [6.07, 6.45) is 6.67. The molecule has 0 amide bonds. The molecule has 2 saturated carbocycles. The lowest BCUT2D eigenvalue weighted by atomic mass is 9.51. The van der Waals surface area contributed by atoms with Gasteiger partial charge in [-0.05, 0) is 39.5 Å². The maximum Gasteiger partial charge on any atom is 0.194 e. The molecule has 2 aliphatic carbocycles. The van der Waals surface area contributed by atoms with Crippen molar-refractivity contribution in [2.24, 2.45) is 16.3 Å². The predicted octanol–water partition coefficient (Wildman–Crippen LogP) is 2.28. The van der Waals surface area contributed by atoms with E-state index >= 15 is 0 Å². The Labute approximate surface area is 158 Å². The summed E-state index contributed by atoms with van der Waals surface area (Å²) in [5.41, 5.74) is 0.368. The van der Waals surface area contributed by atoms with Crippen molar-refractivity contribution in [3.8, 4) is 0 Å². The van der Waals surface area contributed by atoms with E-state index in [2.05, 4.69) is 24.1 Å². The minimum atomic E-state index is 0.368. The molecule has 0 aromatic carbocycles. The fraction of sp³-hybridized carbons (Fsp3) is 0.950. The van der Waals surface area contributed by atoms with Crippen LogP contribution in [0.2, 0.25) is 0 Å². The van der Waals surface area contributed by atoms with Crippen LogP contribution >= 0.6 is 0 Å². The molecule has 3 rings (SSSR count). The van der Waals surface area contributed by atoms with Crippen LogP contribution in [-0.2, 0) is 14.2 Å². The van der Waals surface area contributed by atoms with Gasteiger partial charge in [0.2, 0.25) is 0 Å². The Hall–Kier alpha value is -0.850. The summed E-state index contributed by atoms with van der Waals surface area (Å²) >= 11 is 0. The van der Waals surface area contributed by atoms with Crippen molar-refractivity contribution in [1.29, 1.82) is 0 Å². The molecule has 0 bridgehead atoms. The zero-order chi connectivity index (χ0) is 18.4. The highest BCUT2D eigenvalue weighted by Crippen LogP contribution is 2.57. The summed E-state index contributed by atoms with van der Waals surface area (Å²) in [7, 11) is 1.71. The van der Waals surface area contributed by atoms with Gasteiger partial charge in [0.05, 0.1) is 25.9 Å². The quantitative estimate of drug-likeness (QED) is 0.385. The molecule has 6 nitrogen and oxygen atoms in total. The molecule has 26 heavy (non-hydrogen) atoms. The third kappa shape index (κ3) is 4.18. The third-order valence-corrected chi connectivity index (χ3v) is 6.42. The van der Waals surface area contributed by atoms with Gasteiger partial charge in [-0.25, -0.2) is 0 Å². The van der Waals surface area contributed by atoms with Crippen LogP contribution < -0.4 is 5.32 Å². The molecule has 1 aliphatic heterocycles. The molecular weight excluding hydrogens is 330 g/mol. The van der Waals surface area contributed by atoms with Gasteiger partial charge in [-0.1, -0.05) is 6.42 Å². The predicted molar refractivity (Wildman–Crippen MR) is 104 cm³/mol. The van der Waals surface area contributed by atoms with Crippen molar-refractivity contribution in [1.82, 2.24) is 10.2 Å². The van der Waals surface area contributed by atoms with E-state index in [1.807, 2.05) is 0 Å². The fourth-order valence-corrected chi connectivity index (χ4v) is 4.74. The molecule has 1 N–H and O–H groups in total. The number of hydrogen-bond acceptors (Lipinski definition) is 4. The first-order chi connectivity index (χ1) is 12.7. The van der Waals surface area contributed by atoms with E-state index in [0.29, 0.717) is 36.7 Å². The summed E-state index contributed by atoms with van der Waals surface area (Å²) in [5.74, 6) is 1.68. The van der Waals surface area contributed by atoms with Crippen LogP contribution in [-0.4, -0.2) is 76.2 Å². The van der Waals surface area contributed by atoms with Gasteiger partial charge in [0.1, 0.15) is 0 Å². The first-order valence-corrected chi connectivity index (χ1v) is 10.5. The first kappa shape index (κ1) is 19.9. The number of hydrogen-bond donors (Lipinski definition) is 1. The highest BCUT2D eigenvalue weighted by molar-refractivity contribution is 5.81. The number of nitrogens with zero attached hydrogens (tertiary/aromatic N) is 2. The molecule has 0 aromatic heterocycles. The Balaban J connectivity index is 1.50. The average molecular weight is 368 g/mol. The van der Waals surface area contributed by atoms with Crippen LogP contribution in [0.1, 0.15) is 46.0 Å². The second-order valence-electron chi connectivity index (χ2n) is 7.93. The second-order valence-corrected chi connectivity index (χ2v) is 7.93. The number of likely N-dealkylation sites (tertiary alicyclic amines) is 1. The lowest BCUT2D eigenvalue weighted by Gasteiger charge is -2.61. The second kappa shape index (κ2) is 9.38. The van der Waals surface area contributed by atoms with Crippen LogP contribution in [0, 0.1) is 11.3 Å². The highest BCUT2D eigenvalue weighted by atomic mass is 16.5. The number of nitrogens with one attached hydrogen (secondary N) is 1. The number of guanidine groups is 1. The van der Waals surface area contributed by atoms with Crippen LogP contribution in [0.25, 0.3) is 0 Å². The van der Waals surface area contributed by atoms with Gasteiger partial charge < -0.3 is 24.4 Å². The molecule has 6 heteroatoms. The largest absolute Gasteiger partial charge is 0.382 e. The average Bonchev–Trinajstić information content (AvgIpc) is 3.04. The highest BCUT2D eigenvalue weighted by Gasteiger charge is 2.59. The molecule has 3 unspecified atom stereocenters. The van der Waals surface area contributed by atoms with E-state index in [0.717, 1.165) is 45.2 Å². The first-order valence-electron chi connectivity index (χ1n) is 10.5. The van der Waals surface area contributed by atoms with E-state index in [1.54, 1.807) is 7.11 Å². The Morgan fingerprint density at radius 1 is 1.27 bits per heavy atom. The van der Waals surface area contributed by atoms with Crippen LogP contribution in [0.5, 0.6) is 0 Å². The van der Waals surface area contributed by atoms with Crippen LogP contribution in [0.3, 0.4) is 0 Å². The summed E-state index contributed by atoms with van der Waals surface area (Å²) in [4.78, 5) is 7.22. The Bertz CT molecular complexity index is 467. The number of aliphatic imine (C=N–C) groups is 1. The van der Waals surface area contributed by atoms with E-state index in [9.17, 15) is 0 Å². The number of rotatable bonds is 9. The minimum Gasteiger partial charge on any atom is -0.382 e. The summed E-state index contributed by atoms with van der Waals surface area (Å²) < 4.78 is 16.8. The SMILES string of the molecule is CCN=C(NC1CC(OCC)C12CCC2)N1CCC(COCCOC)C1. The summed E-state index contributed by atoms with van der Waals surface area (Å²) in [6.45, 7) is 10.2. The van der Waals surface area contributed by atoms with Gasteiger partial charge in [0.15, 0.2) is 5.96 Å². The smallest absolute Gasteiger partial charge is 0.194 e. The number of methoxy groups -OCH3 is 1. The molecule has 0 radical (unpaired) electrons. The zero-order valence-corrected chi connectivity index (χ0v) is 16.8.